The Morgan fingerprint density at radius 3 is 2.54 bits per heavy atom. The van der Waals surface area contributed by atoms with E-state index in [0.717, 1.165) is 11.3 Å². The van der Waals surface area contributed by atoms with Gasteiger partial charge in [-0.05, 0) is 42.8 Å². The highest BCUT2D eigenvalue weighted by molar-refractivity contribution is 7.92. The topological polar surface area (TPSA) is 76.4 Å². The van der Waals surface area contributed by atoms with E-state index in [1.54, 1.807) is 37.4 Å². The van der Waals surface area contributed by atoms with Crippen molar-refractivity contribution in [1.82, 2.24) is 14.4 Å². The molecule has 2 heterocycles. The molecule has 2 aromatic heterocycles. The summed E-state index contributed by atoms with van der Waals surface area (Å²) >= 11 is 12.1. The maximum absolute atomic E-state index is 12.7. The quantitative estimate of drug-likeness (QED) is 0.501. The van der Waals surface area contributed by atoms with E-state index in [0.29, 0.717) is 22.1 Å². The molecule has 0 fully saturated rings. The van der Waals surface area contributed by atoms with Crippen LogP contribution in [0.25, 0.3) is 17.0 Å². The number of nitrogens with one attached hydrogen (secondary N) is 1. The van der Waals surface area contributed by atoms with Gasteiger partial charge in [-0.3, -0.25) is 9.12 Å². The molecule has 0 spiro atoms. The van der Waals surface area contributed by atoms with E-state index < -0.39 is 10.0 Å². The van der Waals surface area contributed by atoms with Gasteiger partial charge in [-0.15, -0.1) is 0 Å². The van der Waals surface area contributed by atoms with Gasteiger partial charge in [0.2, 0.25) is 5.78 Å². The van der Waals surface area contributed by atoms with Crippen molar-refractivity contribution >= 4 is 44.7 Å². The molecule has 0 saturated heterocycles. The van der Waals surface area contributed by atoms with E-state index in [2.05, 4.69) is 14.7 Å². The number of imidazole rings is 1. The number of halogens is 2. The molecule has 0 aliphatic rings. The maximum atomic E-state index is 12.7. The van der Waals surface area contributed by atoms with Gasteiger partial charge in [-0.2, -0.15) is 0 Å². The third-order valence-corrected chi connectivity index (χ3v) is 6.42. The van der Waals surface area contributed by atoms with Gasteiger partial charge in [-0.25, -0.2) is 18.4 Å². The van der Waals surface area contributed by atoms with Gasteiger partial charge in [0.15, 0.2) is 0 Å². The van der Waals surface area contributed by atoms with Crippen molar-refractivity contribution in [2.24, 2.45) is 0 Å². The van der Waals surface area contributed by atoms with Crippen molar-refractivity contribution in [3.8, 4) is 11.3 Å². The van der Waals surface area contributed by atoms with Crippen molar-refractivity contribution in [3.05, 3.63) is 76.7 Å². The van der Waals surface area contributed by atoms with Crippen LogP contribution in [0.1, 0.15) is 5.56 Å². The highest BCUT2D eigenvalue weighted by Gasteiger charge is 2.19. The molecule has 0 unspecified atom stereocenters. The summed E-state index contributed by atoms with van der Waals surface area (Å²) in [4.78, 5) is 8.61. The average molecular weight is 433 g/mol. The third kappa shape index (κ3) is 3.56. The molecule has 0 atom stereocenters. The standard InChI is InChI=1S/C19H14Cl2N4O2S/c1-12-9-18(16(21)10-15(12)20)28(26,27)24-14-5-3-13(4-6-14)17-11-25-8-2-7-22-19(25)23-17/h2-11,24H,1H3. The maximum Gasteiger partial charge on any atom is 0.263 e. The number of aryl methyl sites for hydroxylation is 1. The Morgan fingerprint density at radius 1 is 1.07 bits per heavy atom. The Morgan fingerprint density at radius 2 is 1.82 bits per heavy atom. The first-order chi connectivity index (χ1) is 13.3. The van der Waals surface area contributed by atoms with Crippen molar-refractivity contribution in [3.63, 3.8) is 0 Å². The molecule has 0 amide bonds. The summed E-state index contributed by atoms with van der Waals surface area (Å²) in [6.45, 7) is 1.72. The molecular weight excluding hydrogens is 419 g/mol. The molecule has 28 heavy (non-hydrogen) atoms. The largest absolute Gasteiger partial charge is 0.291 e. The molecule has 0 aliphatic heterocycles. The summed E-state index contributed by atoms with van der Waals surface area (Å²) in [5.41, 5.74) is 2.62. The van der Waals surface area contributed by atoms with Crippen LogP contribution in [0, 0.1) is 6.92 Å². The van der Waals surface area contributed by atoms with E-state index >= 15 is 0 Å². The molecule has 0 bridgehead atoms. The Labute approximate surface area is 171 Å². The first-order valence-electron chi connectivity index (χ1n) is 8.22. The Balaban J connectivity index is 1.61. The molecule has 0 radical (unpaired) electrons. The second-order valence-corrected chi connectivity index (χ2v) is 8.63. The van der Waals surface area contributed by atoms with Gasteiger partial charge in [0, 0.05) is 34.9 Å². The minimum Gasteiger partial charge on any atom is -0.291 e. The van der Waals surface area contributed by atoms with E-state index in [9.17, 15) is 8.42 Å². The monoisotopic (exact) mass is 432 g/mol. The van der Waals surface area contributed by atoms with Crippen LogP contribution in [-0.4, -0.2) is 22.8 Å². The van der Waals surface area contributed by atoms with Gasteiger partial charge >= 0.3 is 0 Å². The van der Waals surface area contributed by atoms with Gasteiger partial charge in [0.05, 0.1) is 10.7 Å². The molecule has 2 aromatic carbocycles. The molecule has 142 valence electrons. The number of rotatable bonds is 4. The molecule has 4 aromatic rings. The number of hydrogen-bond acceptors (Lipinski definition) is 4. The summed E-state index contributed by atoms with van der Waals surface area (Å²) in [6.07, 6.45) is 5.39. The fraction of sp³-hybridized carbons (Fsp3) is 0.0526. The van der Waals surface area contributed by atoms with Crippen LogP contribution < -0.4 is 4.72 Å². The fourth-order valence-corrected chi connectivity index (χ4v) is 4.62. The van der Waals surface area contributed by atoms with Crippen molar-refractivity contribution in [1.29, 1.82) is 0 Å². The van der Waals surface area contributed by atoms with Crippen LogP contribution in [0.5, 0.6) is 0 Å². The van der Waals surface area contributed by atoms with Crippen molar-refractivity contribution in [2.45, 2.75) is 11.8 Å². The highest BCUT2D eigenvalue weighted by Crippen LogP contribution is 2.30. The summed E-state index contributed by atoms with van der Waals surface area (Å²) in [5.74, 6) is 0.593. The van der Waals surface area contributed by atoms with Crippen LogP contribution in [0.3, 0.4) is 0 Å². The Bertz CT molecular complexity index is 1250. The molecule has 4 rings (SSSR count). The highest BCUT2D eigenvalue weighted by atomic mass is 35.5. The third-order valence-electron chi connectivity index (χ3n) is 4.17. The smallest absolute Gasteiger partial charge is 0.263 e. The van der Waals surface area contributed by atoms with Crippen molar-refractivity contribution < 1.29 is 8.42 Å². The minimum absolute atomic E-state index is 0.0217. The van der Waals surface area contributed by atoms with Crippen molar-refractivity contribution in [2.75, 3.05) is 4.72 Å². The van der Waals surface area contributed by atoms with E-state index in [1.165, 1.54) is 12.1 Å². The summed E-state index contributed by atoms with van der Waals surface area (Å²) < 4.78 is 29.7. The number of aromatic nitrogens is 3. The molecule has 1 N–H and O–H groups in total. The average Bonchev–Trinajstić information content (AvgIpc) is 3.09. The lowest BCUT2D eigenvalue weighted by molar-refractivity contribution is 0.601. The number of benzene rings is 2. The number of fused-ring (bicyclic) bond motifs is 1. The van der Waals surface area contributed by atoms with Crippen LogP contribution in [0.2, 0.25) is 10.0 Å². The van der Waals surface area contributed by atoms with E-state index in [1.807, 2.05) is 22.9 Å². The summed E-state index contributed by atoms with van der Waals surface area (Å²) in [5, 5.41) is 0.479. The lowest BCUT2D eigenvalue weighted by Gasteiger charge is -2.11. The predicted octanol–water partition coefficient (Wildman–Crippen LogP) is 4.81. The number of anilines is 1. The second-order valence-electron chi connectivity index (χ2n) is 6.17. The molecule has 9 heteroatoms. The van der Waals surface area contributed by atoms with Gasteiger partial charge in [0.25, 0.3) is 10.0 Å². The first kappa shape index (κ1) is 18.7. The zero-order chi connectivity index (χ0) is 19.9. The number of hydrogen-bond donors (Lipinski definition) is 1. The first-order valence-corrected chi connectivity index (χ1v) is 10.5. The summed E-state index contributed by atoms with van der Waals surface area (Å²) in [7, 11) is -3.85. The van der Waals surface area contributed by atoms with Crippen LogP contribution in [0.4, 0.5) is 5.69 Å². The molecule has 6 nitrogen and oxygen atoms in total. The lowest BCUT2D eigenvalue weighted by atomic mass is 10.1. The Kier molecular flexibility index (Phi) is 4.74. The fourth-order valence-electron chi connectivity index (χ4n) is 2.72. The number of sulfonamides is 1. The van der Waals surface area contributed by atoms with Crippen LogP contribution in [-0.2, 0) is 10.0 Å². The van der Waals surface area contributed by atoms with E-state index in [-0.39, 0.29) is 9.92 Å². The molecular formula is C19H14Cl2N4O2S. The number of nitrogens with zero attached hydrogens (tertiary/aromatic N) is 3. The molecule has 0 aliphatic carbocycles. The van der Waals surface area contributed by atoms with Crippen LogP contribution >= 0.6 is 23.2 Å². The predicted molar refractivity (Wildman–Crippen MR) is 110 cm³/mol. The second kappa shape index (κ2) is 7.09. The summed E-state index contributed by atoms with van der Waals surface area (Å²) in [6, 6.07) is 11.6. The Hall–Kier alpha value is -2.61. The van der Waals surface area contributed by atoms with Gasteiger partial charge in [0.1, 0.15) is 4.90 Å². The minimum atomic E-state index is -3.85. The zero-order valence-corrected chi connectivity index (χ0v) is 16.9. The zero-order valence-electron chi connectivity index (χ0n) is 14.6. The molecule has 0 saturated carbocycles. The normalized spacial score (nSPS) is 11.7. The van der Waals surface area contributed by atoms with Gasteiger partial charge in [-0.1, -0.05) is 35.3 Å². The van der Waals surface area contributed by atoms with Crippen LogP contribution in [0.15, 0.2) is 66.0 Å². The SMILES string of the molecule is Cc1cc(S(=O)(=O)Nc2ccc(-c3cn4cccnc4n3)cc2)c(Cl)cc1Cl. The van der Waals surface area contributed by atoms with Gasteiger partial charge < -0.3 is 0 Å². The lowest BCUT2D eigenvalue weighted by Crippen LogP contribution is -2.13. The van der Waals surface area contributed by atoms with E-state index in [4.69, 9.17) is 23.2 Å².